The first kappa shape index (κ1) is 24.0. The van der Waals surface area contributed by atoms with Crippen LogP contribution in [0.3, 0.4) is 0 Å². The summed E-state index contributed by atoms with van der Waals surface area (Å²) < 4.78 is 32.5. The van der Waals surface area contributed by atoms with E-state index in [2.05, 4.69) is 30.4 Å². The first-order valence-electron chi connectivity index (χ1n) is 8.80. The summed E-state index contributed by atoms with van der Waals surface area (Å²) in [6.07, 6.45) is 0. The lowest BCUT2D eigenvalue weighted by Crippen LogP contribution is -2.41. The summed E-state index contributed by atoms with van der Waals surface area (Å²) in [6, 6.07) is 7.13. The van der Waals surface area contributed by atoms with E-state index in [1.54, 1.807) is 12.1 Å². The lowest BCUT2D eigenvalue weighted by molar-refractivity contribution is -0.159. The average molecular weight is 416 g/mol. The van der Waals surface area contributed by atoms with Crippen molar-refractivity contribution in [2.75, 3.05) is 39.4 Å². The molecular weight excluding hydrogens is 388 g/mol. The SMILES string of the molecule is CC(C)(C)c1ccc(S(=O)(=O)NCCN2CCOCC2)cc1.O=C(O)C(=O)O. The highest BCUT2D eigenvalue weighted by Crippen LogP contribution is 2.23. The molecule has 0 atom stereocenters. The normalized spacial score (nSPS) is 15.4. The van der Waals surface area contributed by atoms with Crippen LogP contribution in [0, 0.1) is 0 Å². The molecule has 0 radical (unpaired) electrons. The third-order valence-electron chi connectivity index (χ3n) is 4.04. The first-order valence-corrected chi connectivity index (χ1v) is 10.3. The second-order valence-corrected chi connectivity index (χ2v) is 9.00. The Morgan fingerprint density at radius 2 is 1.57 bits per heavy atom. The predicted molar refractivity (Wildman–Crippen MR) is 103 cm³/mol. The van der Waals surface area contributed by atoms with E-state index < -0.39 is 22.0 Å². The Balaban J connectivity index is 0.000000568. The standard InChI is InChI=1S/C16H26N2O3S.C2H2O4/c1-16(2,3)14-4-6-15(7-5-14)22(19,20)17-8-9-18-10-12-21-13-11-18;3-1(4)2(5)6/h4-7,17H,8-13H2,1-3H3;(H,3,4)(H,5,6). The topological polar surface area (TPSA) is 133 Å². The minimum absolute atomic E-state index is 0.0199. The number of benzene rings is 1. The summed E-state index contributed by atoms with van der Waals surface area (Å²) in [7, 11) is -3.43. The van der Waals surface area contributed by atoms with Gasteiger partial charge >= 0.3 is 11.9 Å². The summed E-state index contributed by atoms with van der Waals surface area (Å²) in [5.74, 6) is -3.65. The van der Waals surface area contributed by atoms with Crippen LogP contribution in [0.25, 0.3) is 0 Å². The van der Waals surface area contributed by atoms with E-state index >= 15 is 0 Å². The molecule has 0 aliphatic carbocycles. The molecule has 0 unspecified atom stereocenters. The van der Waals surface area contributed by atoms with Gasteiger partial charge < -0.3 is 14.9 Å². The lowest BCUT2D eigenvalue weighted by Gasteiger charge is -2.26. The van der Waals surface area contributed by atoms with Crippen molar-refractivity contribution in [2.45, 2.75) is 31.1 Å². The van der Waals surface area contributed by atoms with Crippen molar-refractivity contribution < 1.29 is 33.0 Å². The molecular formula is C18H28N2O7S. The summed E-state index contributed by atoms with van der Waals surface area (Å²) in [4.78, 5) is 20.7. The Hall–Kier alpha value is -2.01. The van der Waals surface area contributed by atoms with Crippen molar-refractivity contribution in [2.24, 2.45) is 0 Å². The van der Waals surface area contributed by atoms with Gasteiger partial charge in [0.15, 0.2) is 0 Å². The molecule has 1 fully saturated rings. The highest BCUT2D eigenvalue weighted by molar-refractivity contribution is 7.89. The number of morpholine rings is 1. The third kappa shape index (κ3) is 8.34. The maximum absolute atomic E-state index is 12.3. The van der Waals surface area contributed by atoms with Crippen LogP contribution in [0.1, 0.15) is 26.3 Å². The van der Waals surface area contributed by atoms with E-state index in [0.29, 0.717) is 18.0 Å². The molecule has 1 aromatic rings. The fraction of sp³-hybridized carbons (Fsp3) is 0.556. The Morgan fingerprint density at radius 3 is 2.00 bits per heavy atom. The molecule has 1 aliphatic rings. The Labute approximate surface area is 165 Å². The van der Waals surface area contributed by atoms with Gasteiger partial charge in [0.05, 0.1) is 18.1 Å². The van der Waals surface area contributed by atoms with Gasteiger partial charge in [0.2, 0.25) is 10.0 Å². The quantitative estimate of drug-likeness (QED) is 0.599. The Morgan fingerprint density at radius 1 is 1.07 bits per heavy atom. The van der Waals surface area contributed by atoms with Gasteiger partial charge in [-0.05, 0) is 23.1 Å². The smallest absolute Gasteiger partial charge is 0.414 e. The number of sulfonamides is 1. The second-order valence-electron chi connectivity index (χ2n) is 7.24. The van der Waals surface area contributed by atoms with Crippen LogP contribution < -0.4 is 4.72 Å². The number of nitrogens with one attached hydrogen (secondary N) is 1. The lowest BCUT2D eigenvalue weighted by atomic mass is 9.87. The minimum atomic E-state index is -3.43. The molecule has 9 nitrogen and oxygen atoms in total. The predicted octanol–water partition coefficient (Wildman–Crippen LogP) is 0.750. The van der Waals surface area contributed by atoms with Gasteiger partial charge in [0.25, 0.3) is 0 Å². The second kappa shape index (κ2) is 10.5. The fourth-order valence-corrected chi connectivity index (χ4v) is 3.40. The molecule has 1 aliphatic heterocycles. The summed E-state index contributed by atoms with van der Waals surface area (Å²) >= 11 is 0. The van der Waals surface area contributed by atoms with Gasteiger partial charge in [-0.3, -0.25) is 4.90 Å². The van der Waals surface area contributed by atoms with Crippen LogP contribution >= 0.6 is 0 Å². The number of ether oxygens (including phenoxy) is 1. The van der Waals surface area contributed by atoms with E-state index in [1.165, 1.54) is 0 Å². The van der Waals surface area contributed by atoms with E-state index in [1.807, 2.05) is 12.1 Å². The number of aliphatic carboxylic acids is 2. The van der Waals surface area contributed by atoms with Crippen LogP contribution in [0.5, 0.6) is 0 Å². The number of hydrogen-bond acceptors (Lipinski definition) is 6. The van der Waals surface area contributed by atoms with Gasteiger partial charge in [-0.2, -0.15) is 0 Å². The molecule has 0 bridgehead atoms. The maximum atomic E-state index is 12.3. The first-order chi connectivity index (χ1) is 12.9. The van der Waals surface area contributed by atoms with Crippen molar-refractivity contribution in [3.63, 3.8) is 0 Å². The third-order valence-corrected chi connectivity index (χ3v) is 5.51. The van der Waals surface area contributed by atoms with E-state index in [4.69, 9.17) is 24.5 Å². The molecule has 0 aromatic heterocycles. The monoisotopic (exact) mass is 416 g/mol. The minimum Gasteiger partial charge on any atom is -0.473 e. The van der Waals surface area contributed by atoms with Gasteiger partial charge in [-0.1, -0.05) is 32.9 Å². The largest absolute Gasteiger partial charge is 0.473 e. The number of hydrogen-bond donors (Lipinski definition) is 3. The molecule has 1 aromatic carbocycles. The van der Waals surface area contributed by atoms with Crippen LogP contribution in [0.15, 0.2) is 29.2 Å². The Kier molecular flexibility index (Phi) is 9.02. The molecule has 10 heteroatoms. The van der Waals surface area contributed by atoms with E-state index in [0.717, 1.165) is 31.9 Å². The van der Waals surface area contributed by atoms with E-state index in [9.17, 15) is 8.42 Å². The molecule has 0 spiro atoms. The molecule has 3 N–H and O–H groups in total. The number of rotatable bonds is 5. The van der Waals surface area contributed by atoms with Crippen molar-refractivity contribution in [3.05, 3.63) is 29.8 Å². The maximum Gasteiger partial charge on any atom is 0.414 e. The molecule has 1 saturated heterocycles. The van der Waals surface area contributed by atoms with Crippen molar-refractivity contribution >= 4 is 22.0 Å². The number of carboxylic acids is 2. The van der Waals surface area contributed by atoms with E-state index in [-0.39, 0.29) is 5.41 Å². The molecule has 28 heavy (non-hydrogen) atoms. The summed E-state index contributed by atoms with van der Waals surface area (Å²) in [5.41, 5.74) is 1.14. The van der Waals surface area contributed by atoms with Crippen molar-refractivity contribution in [1.29, 1.82) is 0 Å². The Bertz CT molecular complexity index is 737. The van der Waals surface area contributed by atoms with Crippen LogP contribution in [-0.4, -0.2) is 74.9 Å². The zero-order chi connectivity index (χ0) is 21.4. The van der Waals surface area contributed by atoms with Crippen molar-refractivity contribution in [3.8, 4) is 0 Å². The van der Waals surface area contributed by atoms with Crippen LogP contribution in [0.4, 0.5) is 0 Å². The summed E-state index contributed by atoms with van der Waals surface area (Å²) in [5, 5.41) is 14.8. The zero-order valence-electron chi connectivity index (χ0n) is 16.3. The highest BCUT2D eigenvalue weighted by Gasteiger charge is 2.18. The molecule has 158 valence electrons. The number of nitrogens with zero attached hydrogens (tertiary/aromatic N) is 1. The van der Waals surface area contributed by atoms with Crippen LogP contribution in [-0.2, 0) is 29.8 Å². The number of carboxylic acid groups (broad SMARTS) is 2. The van der Waals surface area contributed by atoms with Crippen molar-refractivity contribution in [1.82, 2.24) is 9.62 Å². The molecule has 0 saturated carbocycles. The van der Waals surface area contributed by atoms with Gasteiger partial charge in [0, 0.05) is 26.2 Å². The fourth-order valence-electron chi connectivity index (χ4n) is 2.38. The molecule has 0 amide bonds. The van der Waals surface area contributed by atoms with Gasteiger partial charge in [-0.25, -0.2) is 22.7 Å². The van der Waals surface area contributed by atoms with Gasteiger partial charge in [-0.15, -0.1) is 0 Å². The summed E-state index contributed by atoms with van der Waals surface area (Å²) in [6.45, 7) is 10.6. The van der Waals surface area contributed by atoms with Gasteiger partial charge in [0.1, 0.15) is 0 Å². The highest BCUT2D eigenvalue weighted by atomic mass is 32.2. The molecule has 1 heterocycles. The van der Waals surface area contributed by atoms with Crippen LogP contribution in [0.2, 0.25) is 0 Å². The number of carbonyl (C=O) groups is 2. The zero-order valence-corrected chi connectivity index (χ0v) is 17.2. The average Bonchev–Trinajstić information content (AvgIpc) is 2.62. The molecule has 2 rings (SSSR count).